The van der Waals surface area contributed by atoms with Crippen LogP contribution in [0.25, 0.3) is 0 Å². The Morgan fingerprint density at radius 2 is 1.88 bits per heavy atom. The summed E-state index contributed by atoms with van der Waals surface area (Å²) >= 11 is 1.62. The van der Waals surface area contributed by atoms with Crippen molar-refractivity contribution >= 4 is 17.2 Å². The maximum atomic E-state index is 12.6. The molecular formula is C19H18N2O2S. The highest BCUT2D eigenvalue weighted by Gasteiger charge is 2.16. The zero-order chi connectivity index (χ0) is 16.6. The summed E-state index contributed by atoms with van der Waals surface area (Å²) in [4.78, 5) is 18.7. The fourth-order valence-corrected chi connectivity index (χ4v) is 2.94. The van der Waals surface area contributed by atoms with Crippen LogP contribution in [0.15, 0.2) is 71.6 Å². The number of nitrogens with zero attached hydrogens (tertiary/aromatic N) is 2. The van der Waals surface area contributed by atoms with E-state index in [0.29, 0.717) is 18.8 Å². The van der Waals surface area contributed by atoms with E-state index in [1.807, 2.05) is 60.0 Å². The van der Waals surface area contributed by atoms with Crippen molar-refractivity contribution in [1.82, 2.24) is 9.88 Å². The zero-order valence-electron chi connectivity index (χ0n) is 13.2. The molecule has 0 aliphatic heterocycles. The number of ether oxygens (including phenoxy) is 1. The number of carbonyl (C=O) groups excluding carboxylic acids is 1. The van der Waals surface area contributed by atoms with Gasteiger partial charge in [0.2, 0.25) is 0 Å². The molecule has 1 amide bonds. The second-order valence-electron chi connectivity index (χ2n) is 5.30. The van der Waals surface area contributed by atoms with E-state index in [9.17, 15) is 4.79 Å². The van der Waals surface area contributed by atoms with Gasteiger partial charge in [0.25, 0.3) is 5.91 Å². The van der Waals surface area contributed by atoms with Crippen molar-refractivity contribution in [3.8, 4) is 5.75 Å². The summed E-state index contributed by atoms with van der Waals surface area (Å²) in [6, 6.07) is 17.1. The van der Waals surface area contributed by atoms with Crippen LogP contribution in [0.2, 0.25) is 0 Å². The number of pyridine rings is 1. The Bertz CT molecular complexity index is 746. The maximum Gasteiger partial charge on any atom is 0.261 e. The molecule has 3 aromatic rings. The van der Waals surface area contributed by atoms with E-state index >= 15 is 0 Å². The minimum Gasteiger partial charge on any atom is -0.484 e. The fraction of sp³-hybridized carbons (Fsp3) is 0.158. The van der Waals surface area contributed by atoms with Crippen LogP contribution in [0.5, 0.6) is 5.75 Å². The standard InChI is InChI=1S/C19H18N2O2S/c22-19(14-23-18-7-2-1-3-8-18)21(12-16-9-11-24-15-16)13-17-6-4-5-10-20-17/h1-11,15H,12-14H2. The lowest BCUT2D eigenvalue weighted by Gasteiger charge is -2.22. The first-order valence-electron chi connectivity index (χ1n) is 7.68. The Balaban J connectivity index is 1.67. The summed E-state index contributed by atoms with van der Waals surface area (Å²) in [6.45, 7) is 1.03. The number of thiophene rings is 1. The molecule has 2 heterocycles. The van der Waals surface area contributed by atoms with E-state index in [-0.39, 0.29) is 12.5 Å². The van der Waals surface area contributed by atoms with E-state index in [1.165, 1.54) is 0 Å². The van der Waals surface area contributed by atoms with Gasteiger partial charge in [0.1, 0.15) is 5.75 Å². The van der Waals surface area contributed by atoms with E-state index in [1.54, 1.807) is 22.4 Å². The van der Waals surface area contributed by atoms with Crippen LogP contribution in [0.1, 0.15) is 11.3 Å². The Morgan fingerprint density at radius 1 is 1.04 bits per heavy atom. The van der Waals surface area contributed by atoms with Crippen LogP contribution in [0.3, 0.4) is 0 Å². The van der Waals surface area contributed by atoms with Gasteiger partial charge in [0.05, 0.1) is 12.2 Å². The second kappa shape index (κ2) is 8.26. The third-order valence-corrected chi connectivity index (χ3v) is 4.22. The van der Waals surface area contributed by atoms with E-state index < -0.39 is 0 Å². The second-order valence-corrected chi connectivity index (χ2v) is 6.08. The topological polar surface area (TPSA) is 42.4 Å². The molecule has 4 nitrogen and oxygen atoms in total. The molecule has 0 radical (unpaired) electrons. The van der Waals surface area contributed by atoms with Gasteiger partial charge in [-0.25, -0.2) is 0 Å². The summed E-state index contributed by atoms with van der Waals surface area (Å²) in [5.74, 6) is 0.634. The Kier molecular flexibility index (Phi) is 5.58. The summed E-state index contributed by atoms with van der Waals surface area (Å²) in [5, 5.41) is 4.07. The SMILES string of the molecule is O=C(COc1ccccc1)N(Cc1ccsc1)Cc1ccccn1. The van der Waals surface area contributed by atoms with Crippen molar-refractivity contribution < 1.29 is 9.53 Å². The molecule has 0 bridgehead atoms. The van der Waals surface area contributed by atoms with Gasteiger partial charge >= 0.3 is 0 Å². The number of amides is 1. The number of benzene rings is 1. The molecular weight excluding hydrogens is 320 g/mol. The molecule has 0 atom stereocenters. The summed E-state index contributed by atoms with van der Waals surface area (Å²) in [7, 11) is 0. The Labute approximate surface area is 145 Å². The fourth-order valence-electron chi connectivity index (χ4n) is 2.28. The first-order valence-corrected chi connectivity index (χ1v) is 8.62. The van der Waals surface area contributed by atoms with Gasteiger partial charge in [-0.2, -0.15) is 11.3 Å². The normalized spacial score (nSPS) is 10.3. The van der Waals surface area contributed by atoms with Gasteiger partial charge < -0.3 is 9.64 Å². The average molecular weight is 338 g/mol. The molecule has 2 aromatic heterocycles. The van der Waals surface area contributed by atoms with Crippen molar-refractivity contribution in [3.63, 3.8) is 0 Å². The Hall–Kier alpha value is -2.66. The van der Waals surface area contributed by atoms with Gasteiger partial charge in [0, 0.05) is 12.7 Å². The molecule has 0 aliphatic rings. The zero-order valence-corrected chi connectivity index (χ0v) is 14.0. The van der Waals surface area contributed by atoms with E-state index in [2.05, 4.69) is 10.4 Å². The van der Waals surface area contributed by atoms with Crippen molar-refractivity contribution in [1.29, 1.82) is 0 Å². The lowest BCUT2D eigenvalue weighted by molar-refractivity contribution is -0.134. The largest absolute Gasteiger partial charge is 0.484 e. The molecule has 0 fully saturated rings. The molecule has 122 valence electrons. The molecule has 3 rings (SSSR count). The van der Waals surface area contributed by atoms with Crippen LogP contribution < -0.4 is 4.74 Å². The van der Waals surface area contributed by atoms with E-state index in [4.69, 9.17) is 4.74 Å². The first-order chi connectivity index (χ1) is 11.8. The van der Waals surface area contributed by atoms with Gasteiger partial charge in [0.15, 0.2) is 6.61 Å². The number of para-hydroxylation sites is 1. The van der Waals surface area contributed by atoms with Gasteiger partial charge in [-0.3, -0.25) is 9.78 Å². The van der Waals surface area contributed by atoms with Gasteiger partial charge in [-0.1, -0.05) is 24.3 Å². The highest BCUT2D eigenvalue weighted by atomic mass is 32.1. The summed E-state index contributed by atoms with van der Waals surface area (Å²) in [5.41, 5.74) is 1.98. The van der Waals surface area contributed by atoms with Crippen molar-refractivity contribution in [3.05, 3.63) is 82.8 Å². The van der Waals surface area contributed by atoms with Crippen molar-refractivity contribution in [2.24, 2.45) is 0 Å². The van der Waals surface area contributed by atoms with Crippen molar-refractivity contribution in [2.45, 2.75) is 13.1 Å². The smallest absolute Gasteiger partial charge is 0.261 e. The van der Waals surface area contributed by atoms with Crippen molar-refractivity contribution in [2.75, 3.05) is 6.61 Å². The lowest BCUT2D eigenvalue weighted by atomic mass is 10.2. The molecule has 0 saturated heterocycles. The highest BCUT2D eigenvalue weighted by Crippen LogP contribution is 2.13. The molecule has 0 saturated carbocycles. The average Bonchev–Trinajstić information content (AvgIpc) is 3.14. The number of carbonyl (C=O) groups is 1. The predicted octanol–water partition coefficient (Wildman–Crippen LogP) is 3.75. The molecule has 1 aromatic carbocycles. The number of rotatable bonds is 7. The summed E-state index contributed by atoms with van der Waals surface area (Å²) in [6.07, 6.45) is 1.74. The van der Waals surface area contributed by atoms with Crippen LogP contribution >= 0.6 is 11.3 Å². The maximum absolute atomic E-state index is 12.6. The molecule has 0 spiro atoms. The van der Waals surface area contributed by atoms with Gasteiger partial charge in [-0.15, -0.1) is 0 Å². The minimum atomic E-state index is -0.0595. The molecule has 0 unspecified atom stereocenters. The van der Waals surface area contributed by atoms with Crippen LogP contribution in [-0.4, -0.2) is 22.4 Å². The molecule has 5 heteroatoms. The number of hydrogen-bond acceptors (Lipinski definition) is 4. The third-order valence-electron chi connectivity index (χ3n) is 3.49. The first kappa shape index (κ1) is 16.2. The number of hydrogen-bond donors (Lipinski definition) is 0. The molecule has 24 heavy (non-hydrogen) atoms. The lowest BCUT2D eigenvalue weighted by Crippen LogP contribution is -2.34. The van der Waals surface area contributed by atoms with Crippen LogP contribution in [0, 0.1) is 0 Å². The monoisotopic (exact) mass is 338 g/mol. The Morgan fingerprint density at radius 3 is 2.58 bits per heavy atom. The minimum absolute atomic E-state index is 0.0149. The van der Waals surface area contributed by atoms with Gasteiger partial charge in [-0.05, 0) is 46.7 Å². The third kappa shape index (κ3) is 4.67. The quantitative estimate of drug-likeness (QED) is 0.659. The summed E-state index contributed by atoms with van der Waals surface area (Å²) < 4.78 is 5.60. The molecule has 0 N–H and O–H groups in total. The van der Waals surface area contributed by atoms with Crippen LogP contribution in [0.4, 0.5) is 0 Å². The number of aromatic nitrogens is 1. The van der Waals surface area contributed by atoms with Crippen LogP contribution in [-0.2, 0) is 17.9 Å². The predicted molar refractivity (Wildman–Crippen MR) is 94.7 cm³/mol. The highest BCUT2D eigenvalue weighted by molar-refractivity contribution is 7.07. The van der Waals surface area contributed by atoms with E-state index in [0.717, 1.165) is 11.3 Å². The molecule has 0 aliphatic carbocycles.